The minimum Gasteiger partial charge on any atom is -0.406 e. The van der Waals surface area contributed by atoms with E-state index in [0.717, 1.165) is 12.1 Å². The van der Waals surface area contributed by atoms with E-state index in [4.69, 9.17) is 5.53 Å². The van der Waals surface area contributed by atoms with Crippen molar-refractivity contribution in [1.29, 1.82) is 0 Å². The molecule has 0 aliphatic heterocycles. The van der Waals surface area contributed by atoms with Crippen molar-refractivity contribution in [2.75, 3.05) is 0 Å². The fourth-order valence-corrected chi connectivity index (χ4v) is 0.979. The predicted octanol–water partition coefficient (Wildman–Crippen LogP) is 3.44. The molecule has 0 unspecified atom stereocenters. The highest BCUT2D eigenvalue weighted by Gasteiger charge is 2.32. The Balaban J connectivity index is 3.19. The SMILES string of the molecule is [N-]=[N+]=Nc1ccc(OC(F)(F)F)cc1[N+](=O)[O-]. The van der Waals surface area contributed by atoms with Crippen LogP contribution >= 0.6 is 0 Å². The summed E-state index contributed by atoms with van der Waals surface area (Å²) in [6.07, 6.45) is -4.95. The van der Waals surface area contributed by atoms with Gasteiger partial charge in [0.2, 0.25) is 0 Å². The maximum absolute atomic E-state index is 11.8. The van der Waals surface area contributed by atoms with Crippen LogP contribution in [-0.4, -0.2) is 11.3 Å². The Bertz CT molecular complexity index is 496. The average molecular weight is 248 g/mol. The summed E-state index contributed by atoms with van der Waals surface area (Å²) in [5.41, 5.74) is 6.94. The molecule has 17 heavy (non-hydrogen) atoms. The lowest BCUT2D eigenvalue weighted by Gasteiger charge is -2.08. The molecule has 0 heterocycles. The molecule has 0 amide bonds. The first-order valence-electron chi connectivity index (χ1n) is 3.93. The molecule has 0 radical (unpaired) electrons. The fraction of sp³-hybridized carbons (Fsp3) is 0.143. The van der Waals surface area contributed by atoms with Gasteiger partial charge in [-0.1, -0.05) is 5.11 Å². The maximum atomic E-state index is 11.8. The zero-order chi connectivity index (χ0) is 13.1. The van der Waals surface area contributed by atoms with Crippen molar-refractivity contribution in [3.05, 3.63) is 38.8 Å². The van der Waals surface area contributed by atoms with Gasteiger partial charge in [-0.15, -0.1) is 13.2 Å². The minimum atomic E-state index is -4.95. The number of alkyl halides is 3. The molecule has 0 aliphatic rings. The molecule has 0 aromatic heterocycles. The summed E-state index contributed by atoms with van der Waals surface area (Å²) in [5, 5.41) is 13.5. The van der Waals surface area contributed by atoms with Crippen molar-refractivity contribution in [3.63, 3.8) is 0 Å². The van der Waals surface area contributed by atoms with Crippen LogP contribution in [0.5, 0.6) is 5.75 Å². The normalized spacial score (nSPS) is 10.5. The summed E-state index contributed by atoms with van der Waals surface area (Å²) in [4.78, 5) is 11.8. The number of halogens is 3. The average Bonchev–Trinajstić information content (AvgIpc) is 2.18. The lowest BCUT2D eigenvalue weighted by molar-refractivity contribution is -0.384. The summed E-state index contributed by atoms with van der Waals surface area (Å²) in [5.74, 6) is -0.763. The smallest absolute Gasteiger partial charge is 0.406 e. The van der Waals surface area contributed by atoms with Gasteiger partial charge in [0, 0.05) is 4.91 Å². The van der Waals surface area contributed by atoms with E-state index in [0.29, 0.717) is 6.07 Å². The Labute approximate surface area is 91.2 Å². The van der Waals surface area contributed by atoms with Gasteiger partial charge in [-0.05, 0) is 17.7 Å². The van der Waals surface area contributed by atoms with Crippen molar-refractivity contribution >= 4 is 11.4 Å². The summed E-state index contributed by atoms with van der Waals surface area (Å²) in [6, 6.07) is 2.20. The Hall–Kier alpha value is -2.48. The topological polar surface area (TPSA) is 101 Å². The molecule has 0 aliphatic carbocycles. The largest absolute Gasteiger partial charge is 0.573 e. The number of rotatable bonds is 3. The first-order chi connectivity index (χ1) is 7.83. The molecule has 0 spiro atoms. The number of nitro groups is 1. The first kappa shape index (κ1) is 12.6. The van der Waals surface area contributed by atoms with Gasteiger partial charge in [0.1, 0.15) is 11.4 Å². The van der Waals surface area contributed by atoms with Crippen molar-refractivity contribution in [2.24, 2.45) is 5.11 Å². The molecule has 10 heteroatoms. The van der Waals surface area contributed by atoms with Gasteiger partial charge in [0.25, 0.3) is 5.69 Å². The lowest BCUT2D eigenvalue weighted by atomic mass is 10.2. The van der Waals surface area contributed by atoms with Crippen LogP contribution in [0.4, 0.5) is 24.5 Å². The van der Waals surface area contributed by atoms with Crippen LogP contribution in [-0.2, 0) is 0 Å². The third kappa shape index (κ3) is 3.54. The molecule has 1 aromatic rings. The Morgan fingerprint density at radius 1 is 1.47 bits per heavy atom. The van der Waals surface area contributed by atoms with Crippen LogP contribution in [0, 0.1) is 10.1 Å². The quantitative estimate of drug-likeness (QED) is 0.269. The standard InChI is InChI=1S/C7H3F3N4O3/c8-7(9,10)17-4-1-2-5(12-13-11)6(3-4)14(15)16/h1-3H. The number of nitrogens with zero attached hydrogens (tertiary/aromatic N) is 4. The summed E-state index contributed by atoms with van der Waals surface area (Å²) >= 11 is 0. The minimum absolute atomic E-state index is 0.396. The van der Waals surface area contributed by atoms with E-state index in [9.17, 15) is 23.3 Å². The van der Waals surface area contributed by atoms with E-state index >= 15 is 0 Å². The van der Waals surface area contributed by atoms with Crippen LogP contribution in [0.15, 0.2) is 23.3 Å². The molecule has 0 N–H and O–H groups in total. The third-order valence-electron chi connectivity index (χ3n) is 1.53. The molecule has 90 valence electrons. The number of benzene rings is 1. The third-order valence-corrected chi connectivity index (χ3v) is 1.53. The molecule has 1 aromatic carbocycles. The molecule has 1 rings (SSSR count). The van der Waals surface area contributed by atoms with Crippen molar-refractivity contribution in [2.45, 2.75) is 6.36 Å². The Morgan fingerprint density at radius 3 is 2.59 bits per heavy atom. The van der Waals surface area contributed by atoms with Gasteiger partial charge in [-0.2, -0.15) is 0 Å². The van der Waals surface area contributed by atoms with Gasteiger partial charge in [-0.3, -0.25) is 10.1 Å². The van der Waals surface area contributed by atoms with Crippen LogP contribution in [0.3, 0.4) is 0 Å². The summed E-state index contributed by atoms with van der Waals surface area (Å²) in [6.45, 7) is 0. The Kier molecular flexibility index (Phi) is 3.39. The van der Waals surface area contributed by atoms with E-state index < -0.39 is 28.4 Å². The molecule has 0 bridgehead atoms. The second-order valence-electron chi connectivity index (χ2n) is 2.64. The fourth-order valence-electron chi connectivity index (χ4n) is 0.979. The molecule has 0 atom stereocenters. The van der Waals surface area contributed by atoms with Crippen molar-refractivity contribution < 1.29 is 22.8 Å². The zero-order valence-electron chi connectivity index (χ0n) is 7.88. The summed E-state index contributed by atoms with van der Waals surface area (Å²) in [7, 11) is 0. The lowest BCUT2D eigenvalue weighted by Crippen LogP contribution is -2.17. The number of nitro benzene ring substituents is 1. The number of hydrogen-bond donors (Lipinski definition) is 0. The van der Waals surface area contributed by atoms with Gasteiger partial charge in [0.15, 0.2) is 0 Å². The number of hydrogen-bond acceptors (Lipinski definition) is 4. The van der Waals surface area contributed by atoms with E-state index in [-0.39, 0.29) is 0 Å². The first-order valence-corrected chi connectivity index (χ1v) is 3.93. The van der Waals surface area contributed by atoms with E-state index in [2.05, 4.69) is 14.8 Å². The monoisotopic (exact) mass is 248 g/mol. The summed E-state index contributed by atoms with van der Waals surface area (Å²) < 4.78 is 39.0. The molecule has 0 saturated heterocycles. The van der Waals surface area contributed by atoms with Crippen LogP contribution < -0.4 is 4.74 Å². The molecule has 0 fully saturated rings. The molecule has 7 nitrogen and oxygen atoms in total. The van der Waals surface area contributed by atoms with E-state index in [1.165, 1.54) is 0 Å². The van der Waals surface area contributed by atoms with Crippen molar-refractivity contribution in [1.82, 2.24) is 0 Å². The molecular formula is C7H3F3N4O3. The van der Waals surface area contributed by atoms with Crippen LogP contribution in [0.2, 0.25) is 0 Å². The van der Waals surface area contributed by atoms with Crippen molar-refractivity contribution in [3.8, 4) is 5.75 Å². The zero-order valence-corrected chi connectivity index (χ0v) is 7.88. The van der Waals surface area contributed by atoms with Gasteiger partial charge in [0.05, 0.1) is 11.0 Å². The molecule has 0 saturated carbocycles. The van der Waals surface area contributed by atoms with E-state index in [1.54, 1.807) is 0 Å². The van der Waals surface area contributed by atoms with Gasteiger partial charge >= 0.3 is 6.36 Å². The number of azide groups is 1. The van der Waals surface area contributed by atoms with E-state index in [1.807, 2.05) is 0 Å². The predicted molar refractivity (Wildman–Crippen MR) is 48.6 cm³/mol. The second kappa shape index (κ2) is 4.58. The highest BCUT2D eigenvalue weighted by molar-refractivity contribution is 5.59. The second-order valence-corrected chi connectivity index (χ2v) is 2.64. The maximum Gasteiger partial charge on any atom is 0.573 e. The number of ether oxygens (including phenoxy) is 1. The highest BCUT2D eigenvalue weighted by atomic mass is 19.4. The highest BCUT2D eigenvalue weighted by Crippen LogP contribution is 2.33. The van der Waals surface area contributed by atoms with Crippen LogP contribution in [0.25, 0.3) is 10.4 Å². The molecular weight excluding hydrogens is 245 g/mol. The Morgan fingerprint density at radius 2 is 2.12 bits per heavy atom. The van der Waals surface area contributed by atoms with Gasteiger partial charge < -0.3 is 4.74 Å². The van der Waals surface area contributed by atoms with Gasteiger partial charge in [-0.25, -0.2) is 0 Å². The van der Waals surface area contributed by atoms with Crippen LogP contribution in [0.1, 0.15) is 0 Å².